The predicted molar refractivity (Wildman–Crippen MR) is 81.4 cm³/mol. The number of rotatable bonds is 4. The van der Waals surface area contributed by atoms with E-state index in [0.29, 0.717) is 19.0 Å². The molecule has 1 aliphatic heterocycles. The number of hydrogen-bond donors (Lipinski definition) is 1. The van der Waals surface area contributed by atoms with E-state index >= 15 is 0 Å². The zero-order valence-electron chi connectivity index (χ0n) is 12.8. The standard InChI is InChI=1S/C16H14FN3O4/c1-22-16(21)15-14(19)9(5-18)6-20(15)12-4-10(17)2-3-13(12)24-11-7-23-8-11/h2-4,6,11H,7-8,19H2,1H3. The van der Waals surface area contributed by atoms with Crippen LogP contribution in [0.5, 0.6) is 5.75 Å². The number of aromatic nitrogens is 1. The molecule has 8 heteroatoms. The molecule has 1 aromatic heterocycles. The van der Waals surface area contributed by atoms with Crippen LogP contribution in [0.25, 0.3) is 5.69 Å². The first-order valence-electron chi connectivity index (χ1n) is 7.08. The van der Waals surface area contributed by atoms with Crippen molar-refractivity contribution < 1.29 is 23.4 Å². The number of nitriles is 1. The summed E-state index contributed by atoms with van der Waals surface area (Å²) < 4.78 is 30.6. The number of hydrogen-bond acceptors (Lipinski definition) is 6. The van der Waals surface area contributed by atoms with Gasteiger partial charge in [0, 0.05) is 12.3 Å². The zero-order chi connectivity index (χ0) is 17.3. The SMILES string of the molecule is COC(=O)c1c(N)c(C#N)cn1-c1cc(F)ccc1OC1COC1. The van der Waals surface area contributed by atoms with Crippen molar-refractivity contribution in [3.8, 4) is 17.5 Å². The summed E-state index contributed by atoms with van der Waals surface area (Å²) in [5, 5.41) is 9.16. The molecule has 1 aliphatic rings. The molecule has 0 amide bonds. The highest BCUT2D eigenvalue weighted by Crippen LogP contribution is 2.31. The molecule has 2 aromatic rings. The summed E-state index contributed by atoms with van der Waals surface area (Å²) in [7, 11) is 1.19. The highest BCUT2D eigenvalue weighted by Gasteiger charge is 2.26. The van der Waals surface area contributed by atoms with Gasteiger partial charge in [-0.1, -0.05) is 0 Å². The Morgan fingerprint density at radius 1 is 1.50 bits per heavy atom. The molecule has 0 spiro atoms. The summed E-state index contributed by atoms with van der Waals surface area (Å²) in [5.41, 5.74) is 6.09. The maximum atomic E-state index is 13.8. The highest BCUT2D eigenvalue weighted by molar-refractivity contribution is 5.96. The third-order valence-electron chi connectivity index (χ3n) is 3.63. The van der Waals surface area contributed by atoms with Crippen LogP contribution in [0.2, 0.25) is 0 Å². The molecule has 0 aliphatic carbocycles. The van der Waals surface area contributed by atoms with E-state index in [1.165, 1.54) is 36.1 Å². The predicted octanol–water partition coefficient (Wildman–Crippen LogP) is 1.63. The summed E-state index contributed by atoms with van der Waals surface area (Å²) >= 11 is 0. The Balaban J connectivity index is 2.16. The van der Waals surface area contributed by atoms with Crippen molar-refractivity contribution in [2.75, 3.05) is 26.1 Å². The summed E-state index contributed by atoms with van der Waals surface area (Å²) in [5.74, 6) is -0.922. The molecule has 0 radical (unpaired) electrons. The van der Waals surface area contributed by atoms with Gasteiger partial charge in [0.2, 0.25) is 0 Å². The number of nitrogens with two attached hydrogens (primary N) is 1. The number of anilines is 1. The smallest absolute Gasteiger partial charge is 0.357 e. The normalized spacial score (nSPS) is 13.9. The van der Waals surface area contributed by atoms with Crippen LogP contribution < -0.4 is 10.5 Å². The lowest BCUT2D eigenvalue weighted by Gasteiger charge is -2.28. The molecule has 2 N–H and O–H groups in total. The fraction of sp³-hybridized carbons (Fsp3) is 0.250. The van der Waals surface area contributed by atoms with Crippen LogP contribution in [-0.2, 0) is 9.47 Å². The number of halogens is 1. The Bertz CT molecular complexity index is 837. The van der Waals surface area contributed by atoms with Gasteiger partial charge in [0.25, 0.3) is 0 Å². The fourth-order valence-corrected chi connectivity index (χ4v) is 2.34. The second-order valence-electron chi connectivity index (χ2n) is 5.17. The van der Waals surface area contributed by atoms with Crippen molar-refractivity contribution in [2.24, 2.45) is 0 Å². The Kier molecular flexibility index (Phi) is 4.10. The molecular weight excluding hydrogens is 317 g/mol. The Hall–Kier alpha value is -3.05. The maximum absolute atomic E-state index is 13.8. The number of nitrogen functional groups attached to an aromatic ring is 1. The van der Waals surface area contributed by atoms with Crippen molar-refractivity contribution in [2.45, 2.75) is 6.10 Å². The van der Waals surface area contributed by atoms with Crippen LogP contribution in [-0.4, -0.2) is 37.0 Å². The van der Waals surface area contributed by atoms with Gasteiger partial charge < -0.3 is 24.5 Å². The van der Waals surface area contributed by atoms with E-state index in [2.05, 4.69) is 0 Å². The van der Waals surface area contributed by atoms with Crippen LogP contribution in [0.1, 0.15) is 16.1 Å². The van der Waals surface area contributed by atoms with Gasteiger partial charge in [-0.3, -0.25) is 0 Å². The van der Waals surface area contributed by atoms with Crippen molar-refractivity contribution in [3.63, 3.8) is 0 Å². The third-order valence-corrected chi connectivity index (χ3v) is 3.63. The first-order chi connectivity index (χ1) is 11.5. The molecule has 0 bridgehead atoms. The number of carbonyl (C=O) groups excluding carboxylic acids is 1. The molecule has 1 fully saturated rings. The van der Waals surface area contributed by atoms with Crippen LogP contribution in [0.15, 0.2) is 24.4 Å². The lowest BCUT2D eigenvalue weighted by molar-refractivity contribution is -0.0796. The first-order valence-corrected chi connectivity index (χ1v) is 7.08. The van der Waals surface area contributed by atoms with E-state index in [4.69, 9.17) is 25.2 Å². The molecule has 24 heavy (non-hydrogen) atoms. The van der Waals surface area contributed by atoms with Crippen LogP contribution in [0.3, 0.4) is 0 Å². The quantitative estimate of drug-likeness (QED) is 0.855. The fourth-order valence-electron chi connectivity index (χ4n) is 2.34. The van der Waals surface area contributed by atoms with Gasteiger partial charge in [-0.15, -0.1) is 0 Å². The molecule has 1 saturated heterocycles. The Morgan fingerprint density at radius 2 is 2.25 bits per heavy atom. The monoisotopic (exact) mass is 331 g/mol. The van der Waals surface area contributed by atoms with E-state index in [9.17, 15) is 9.18 Å². The van der Waals surface area contributed by atoms with Crippen molar-refractivity contribution in [3.05, 3.63) is 41.5 Å². The zero-order valence-corrected chi connectivity index (χ0v) is 12.8. The van der Waals surface area contributed by atoms with Gasteiger partial charge in [-0.25, -0.2) is 9.18 Å². The minimum absolute atomic E-state index is 0.0356. The lowest BCUT2D eigenvalue weighted by Crippen LogP contribution is -2.38. The minimum atomic E-state index is -0.740. The summed E-state index contributed by atoms with van der Waals surface area (Å²) in [6.45, 7) is 0.857. The van der Waals surface area contributed by atoms with E-state index in [1.54, 1.807) is 0 Å². The van der Waals surface area contributed by atoms with Gasteiger partial charge in [-0.2, -0.15) is 5.26 Å². The molecule has 0 saturated carbocycles. The van der Waals surface area contributed by atoms with Gasteiger partial charge in [0.15, 0.2) is 5.69 Å². The van der Waals surface area contributed by atoms with E-state index in [0.717, 1.165) is 0 Å². The van der Waals surface area contributed by atoms with Crippen LogP contribution in [0.4, 0.5) is 10.1 Å². The van der Waals surface area contributed by atoms with E-state index in [1.807, 2.05) is 6.07 Å². The van der Waals surface area contributed by atoms with Gasteiger partial charge in [-0.05, 0) is 12.1 Å². The number of esters is 1. The summed E-state index contributed by atoms with van der Waals surface area (Å²) in [6, 6.07) is 5.79. The second kappa shape index (κ2) is 6.22. The van der Waals surface area contributed by atoms with Crippen molar-refractivity contribution in [1.82, 2.24) is 4.57 Å². The first kappa shape index (κ1) is 15.8. The van der Waals surface area contributed by atoms with Crippen LogP contribution in [0, 0.1) is 17.1 Å². The Labute approximate surface area is 136 Å². The summed E-state index contributed by atoms with van der Waals surface area (Å²) in [6.07, 6.45) is 1.19. The third kappa shape index (κ3) is 2.66. The summed E-state index contributed by atoms with van der Waals surface area (Å²) in [4.78, 5) is 12.1. The van der Waals surface area contributed by atoms with E-state index < -0.39 is 11.8 Å². The van der Waals surface area contributed by atoms with Gasteiger partial charge in [0.1, 0.15) is 23.7 Å². The van der Waals surface area contributed by atoms with Crippen molar-refractivity contribution in [1.29, 1.82) is 5.26 Å². The van der Waals surface area contributed by atoms with Gasteiger partial charge >= 0.3 is 5.97 Å². The molecule has 1 aromatic carbocycles. The average molecular weight is 331 g/mol. The maximum Gasteiger partial charge on any atom is 0.357 e. The number of benzene rings is 1. The van der Waals surface area contributed by atoms with Gasteiger partial charge in [0.05, 0.1) is 37.3 Å². The molecular formula is C16H14FN3O4. The van der Waals surface area contributed by atoms with Crippen molar-refractivity contribution >= 4 is 11.7 Å². The molecule has 0 unspecified atom stereocenters. The second-order valence-corrected chi connectivity index (χ2v) is 5.17. The largest absolute Gasteiger partial charge is 0.483 e. The number of nitrogens with zero attached hydrogens (tertiary/aromatic N) is 2. The number of methoxy groups -OCH3 is 1. The molecule has 0 atom stereocenters. The molecule has 124 valence electrons. The highest BCUT2D eigenvalue weighted by atomic mass is 19.1. The van der Waals surface area contributed by atoms with E-state index in [-0.39, 0.29) is 28.7 Å². The lowest BCUT2D eigenvalue weighted by atomic mass is 10.2. The molecule has 7 nitrogen and oxygen atoms in total. The molecule has 2 heterocycles. The van der Waals surface area contributed by atoms with Crippen LogP contribution >= 0.6 is 0 Å². The number of ether oxygens (including phenoxy) is 3. The number of carbonyl (C=O) groups is 1. The minimum Gasteiger partial charge on any atom is -0.483 e. The average Bonchev–Trinajstić information content (AvgIpc) is 2.87. The Morgan fingerprint density at radius 3 is 2.83 bits per heavy atom. The topological polar surface area (TPSA) is 99.5 Å². The molecule has 3 rings (SSSR count).